The number of aliphatic carboxylic acids is 1. The van der Waals surface area contributed by atoms with Crippen LogP contribution in [0.3, 0.4) is 0 Å². The van der Waals surface area contributed by atoms with Gasteiger partial charge in [-0.2, -0.15) is 0 Å². The van der Waals surface area contributed by atoms with Gasteiger partial charge in [0.15, 0.2) is 11.4 Å². The first-order valence-electron chi connectivity index (χ1n) is 12.2. The van der Waals surface area contributed by atoms with Crippen LogP contribution < -0.4 is 0 Å². The molecular weight excluding hydrogens is 487 g/mol. The summed E-state index contributed by atoms with van der Waals surface area (Å²) in [5.41, 5.74) is 2.28. The normalized spacial score (nSPS) is 14.8. The van der Waals surface area contributed by atoms with Crippen LogP contribution in [-0.4, -0.2) is 67.8 Å². The molecule has 4 N–H and O–H groups in total. The zero-order valence-electron chi connectivity index (χ0n) is 21.5. The number of aliphatic hydroxyl groups excluding tert-OH is 3. The summed E-state index contributed by atoms with van der Waals surface area (Å²) in [5, 5.41) is 35.9. The number of aliphatic hydroxyl groups is 3. The summed E-state index contributed by atoms with van der Waals surface area (Å²) in [6.45, 7) is 17.4. The predicted molar refractivity (Wildman–Crippen MR) is 145 cm³/mol. The predicted octanol–water partition coefficient (Wildman–Crippen LogP) is 4.61. The van der Waals surface area contributed by atoms with Gasteiger partial charge in [0.25, 0.3) is 0 Å². The Kier molecular flexibility index (Phi) is 19.9. The molecule has 0 bridgehead atoms. The highest BCUT2D eigenvalue weighted by molar-refractivity contribution is 5.75. The quantitative estimate of drug-likeness (QED) is 0.322. The second kappa shape index (κ2) is 21.8. The van der Waals surface area contributed by atoms with Crippen LogP contribution in [0.4, 0.5) is 11.4 Å². The van der Waals surface area contributed by atoms with E-state index < -0.39 is 18.2 Å². The van der Waals surface area contributed by atoms with Crippen LogP contribution in [0.1, 0.15) is 61.9 Å². The largest absolute Gasteiger partial charge is 0.481 e. The molecule has 0 aliphatic carbocycles. The zero-order chi connectivity index (χ0) is 27.3. The Bertz CT molecular complexity index is 939. The van der Waals surface area contributed by atoms with Gasteiger partial charge < -0.3 is 29.9 Å². The molecule has 0 spiro atoms. The molecular formula is C28H36BN2O7. The van der Waals surface area contributed by atoms with Gasteiger partial charge in [0, 0.05) is 47.9 Å². The van der Waals surface area contributed by atoms with E-state index >= 15 is 0 Å². The van der Waals surface area contributed by atoms with E-state index in [9.17, 15) is 15.0 Å². The Hall–Kier alpha value is -3.25. The van der Waals surface area contributed by atoms with Crippen molar-refractivity contribution in [2.45, 2.75) is 50.7 Å². The molecule has 0 amide bonds. The van der Waals surface area contributed by atoms with Crippen molar-refractivity contribution in [1.82, 2.24) is 0 Å². The van der Waals surface area contributed by atoms with Crippen LogP contribution >= 0.6 is 0 Å². The third-order valence-electron chi connectivity index (χ3n) is 5.24. The van der Waals surface area contributed by atoms with Crippen LogP contribution in [0, 0.1) is 13.1 Å². The zero-order valence-corrected chi connectivity index (χ0v) is 21.5. The van der Waals surface area contributed by atoms with Crippen molar-refractivity contribution in [1.29, 1.82) is 0 Å². The Morgan fingerprint density at radius 3 is 1.39 bits per heavy atom. The number of nitrogens with zero attached hydrogens (tertiary/aromatic N) is 2. The van der Waals surface area contributed by atoms with Crippen LogP contribution in [-0.2, 0) is 14.3 Å². The molecule has 3 radical (unpaired) electrons. The molecule has 10 heteroatoms. The van der Waals surface area contributed by atoms with Crippen LogP contribution in [0.25, 0.3) is 9.69 Å². The Morgan fingerprint density at radius 2 is 1.13 bits per heavy atom. The minimum atomic E-state index is -1.05. The summed E-state index contributed by atoms with van der Waals surface area (Å²) in [6.07, 6.45) is 3.48. The molecule has 0 saturated carbocycles. The monoisotopic (exact) mass is 523 g/mol. The molecule has 2 aliphatic heterocycles. The van der Waals surface area contributed by atoms with E-state index in [2.05, 4.69) is 9.69 Å². The molecule has 2 aromatic rings. The molecule has 203 valence electrons. The van der Waals surface area contributed by atoms with Gasteiger partial charge in [0.05, 0.1) is 31.8 Å². The van der Waals surface area contributed by atoms with Gasteiger partial charge in [-0.05, 0) is 36.8 Å². The van der Waals surface area contributed by atoms with Crippen molar-refractivity contribution in [2.75, 3.05) is 33.0 Å². The number of hydrogen-bond donors (Lipinski definition) is 4. The number of carboxylic acid groups (broad SMARTS) is 1. The number of benzene rings is 2. The highest BCUT2D eigenvalue weighted by Gasteiger charge is 2.11. The lowest BCUT2D eigenvalue weighted by molar-refractivity contribution is -0.139. The van der Waals surface area contributed by atoms with Gasteiger partial charge in [-0.1, -0.05) is 48.5 Å². The first-order valence-corrected chi connectivity index (χ1v) is 12.2. The Balaban J connectivity index is 0.000000520. The molecule has 2 aromatic carbocycles. The minimum absolute atomic E-state index is 0. The molecule has 2 heterocycles. The van der Waals surface area contributed by atoms with E-state index in [1.165, 1.54) is 25.7 Å². The fourth-order valence-electron chi connectivity index (χ4n) is 3.13. The van der Waals surface area contributed by atoms with Gasteiger partial charge >= 0.3 is 5.97 Å². The van der Waals surface area contributed by atoms with E-state index in [0.717, 1.165) is 32.0 Å². The minimum Gasteiger partial charge on any atom is -0.481 e. The van der Waals surface area contributed by atoms with E-state index in [4.69, 9.17) is 32.8 Å². The average Bonchev–Trinajstić information content (AvgIpc) is 3.69. The highest BCUT2D eigenvalue weighted by Crippen LogP contribution is 2.21. The van der Waals surface area contributed by atoms with Crippen molar-refractivity contribution in [3.63, 3.8) is 0 Å². The summed E-state index contributed by atoms with van der Waals surface area (Å²) < 4.78 is 9.89. The van der Waals surface area contributed by atoms with Gasteiger partial charge in [-0.3, -0.25) is 4.79 Å². The van der Waals surface area contributed by atoms with Crippen LogP contribution in [0.5, 0.6) is 0 Å². The smallest absolute Gasteiger partial charge is 0.306 e. The van der Waals surface area contributed by atoms with E-state index in [0.29, 0.717) is 23.4 Å². The summed E-state index contributed by atoms with van der Waals surface area (Å²) in [7, 11) is 0. The van der Waals surface area contributed by atoms with Gasteiger partial charge in [-0.25, -0.2) is 9.69 Å². The third kappa shape index (κ3) is 15.8. The lowest BCUT2D eigenvalue weighted by Gasteiger charge is -2.08. The van der Waals surface area contributed by atoms with Crippen molar-refractivity contribution in [3.05, 3.63) is 82.5 Å². The number of carboxylic acids is 1. The van der Waals surface area contributed by atoms with Crippen LogP contribution in [0.15, 0.2) is 48.5 Å². The number of ether oxygens (including phenoxy) is 2. The molecule has 2 saturated heterocycles. The SMILES string of the molecule is C1CCOC1.C1CCOC1.[B].[C-]#[N+]c1ccc(C(O)CC(=O)O)cc1.[C-]#[N+]c1ccc(C(O)CCO)cc1. The second-order valence-electron chi connectivity index (χ2n) is 8.19. The second-order valence-corrected chi connectivity index (χ2v) is 8.19. The maximum atomic E-state index is 10.3. The Labute approximate surface area is 226 Å². The molecule has 38 heavy (non-hydrogen) atoms. The lowest BCUT2D eigenvalue weighted by atomic mass is 10.1. The molecule has 9 nitrogen and oxygen atoms in total. The van der Waals surface area contributed by atoms with Crippen LogP contribution in [0.2, 0.25) is 0 Å². The highest BCUT2D eigenvalue weighted by atomic mass is 16.5. The van der Waals surface area contributed by atoms with Crippen molar-refractivity contribution >= 4 is 25.8 Å². The molecule has 2 fully saturated rings. The first kappa shape index (κ1) is 34.8. The molecule has 4 rings (SSSR count). The topological polar surface area (TPSA) is 125 Å². The van der Waals surface area contributed by atoms with Crippen molar-refractivity contribution in [3.8, 4) is 0 Å². The first-order chi connectivity index (χ1) is 17.9. The summed E-state index contributed by atoms with van der Waals surface area (Å²) in [5.74, 6) is -1.05. The summed E-state index contributed by atoms with van der Waals surface area (Å²) >= 11 is 0. The lowest BCUT2D eigenvalue weighted by Crippen LogP contribution is -2.04. The maximum absolute atomic E-state index is 10.3. The van der Waals surface area contributed by atoms with Gasteiger partial charge in [0.1, 0.15) is 0 Å². The fourth-order valence-corrected chi connectivity index (χ4v) is 3.13. The van der Waals surface area contributed by atoms with Gasteiger partial charge in [-0.15, -0.1) is 0 Å². The fraction of sp³-hybridized carbons (Fsp3) is 0.464. The number of rotatable bonds is 6. The van der Waals surface area contributed by atoms with E-state index in [1.807, 2.05) is 0 Å². The standard InChI is InChI=1S/C10H9NO3.C10H11NO2.2C4H8O.B/c1-11-8-4-2-7(3-5-8)9(12)6-10(13)14;1-11-9-4-2-8(3-5-9)10(13)6-7-12;2*1-2-4-5-3-1;/h2-5,9,12H,6H2,(H,13,14);2-5,10,12-13H,6-7H2;2*1-4H2;. The third-order valence-corrected chi connectivity index (χ3v) is 5.24. The number of carbonyl (C=O) groups is 1. The molecule has 2 aliphatic rings. The van der Waals surface area contributed by atoms with Gasteiger partial charge in [0.2, 0.25) is 0 Å². The Morgan fingerprint density at radius 1 is 0.763 bits per heavy atom. The van der Waals surface area contributed by atoms with E-state index in [-0.39, 0.29) is 21.4 Å². The number of hydrogen-bond acceptors (Lipinski definition) is 6. The van der Waals surface area contributed by atoms with E-state index in [1.54, 1.807) is 48.5 Å². The van der Waals surface area contributed by atoms with Crippen molar-refractivity contribution in [2.24, 2.45) is 0 Å². The summed E-state index contributed by atoms with van der Waals surface area (Å²) in [4.78, 5) is 16.7. The maximum Gasteiger partial charge on any atom is 0.306 e. The molecule has 0 aromatic heterocycles. The summed E-state index contributed by atoms with van der Waals surface area (Å²) in [6, 6.07) is 12.9. The van der Waals surface area contributed by atoms with Crippen molar-refractivity contribution < 1.29 is 34.7 Å². The molecule has 2 unspecified atom stereocenters. The average molecular weight is 523 g/mol. The molecule has 2 atom stereocenters.